The molecule has 0 aromatic carbocycles. The van der Waals surface area contributed by atoms with Crippen LogP contribution in [0.5, 0.6) is 0 Å². The van der Waals surface area contributed by atoms with Crippen LogP contribution in [-0.2, 0) is 0 Å². The first-order chi connectivity index (χ1) is 14.1. The van der Waals surface area contributed by atoms with Crippen molar-refractivity contribution in [2.24, 2.45) is 0 Å². The first kappa shape index (κ1) is 18.9. The van der Waals surface area contributed by atoms with E-state index in [9.17, 15) is 4.79 Å². The lowest BCUT2D eigenvalue weighted by molar-refractivity contribution is 0.0937. The van der Waals surface area contributed by atoms with Crippen LogP contribution in [0.25, 0.3) is 10.2 Å². The van der Waals surface area contributed by atoms with Crippen LogP contribution in [0, 0.1) is 0 Å². The van der Waals surface area contributed by atoms with Crippen LogP contribution < -0.4 is 10.6 Å². The van der Waals surface area contributed by atoms with E-state index in [2.05, 4.69) is 30.6 Å². The minimum absolute atomic E-state index is 0.0271. The molecule has 0 spiro atoms. The van der Waals surface area contributed by atoms with Crippen molar-refractivity contribution in [2.75, 3.05) is 5.32 Å². The van der Waals surface area contributed by atoms with E-state index in [-0.39, 0.29) is 18.0 Å². The fraction of sp³-hybridized carbons (Fsp3) is 0.190. The molecule has 29 heavy (non-hydrogen) atoms. The van der Waals surface area contributed by atoms with E-state index in [1.165, 1.54) is 11.3 Å². The van der Waals surface area contributed by atoms with Gasteiger partial charge in [-0.15, -0.1) is 11.3 Å². The van der Waals surface area contributed by atoms with E-state index in [0.717, 1.165) is 21.3 Å². The quantitative estimate of drug-likeness (QED) is 0.502. The van der Waals surface area contributed by atoms with Crippen LogP contribution in [0.3, 0.4) is 0 Å². The molecule has 7 nitrogen and oxygen atoms in total. The van der Waals surface area contributed by atoms with Crippen molar-refractivity contribution < 1.29 is 4.79 Å². The minimum Gasteiger partial charge on any atom is -0.348 e. The maximum atomic E-state index is 13.0. The maximum Gasteiger partial charge on any atom is 0.272 e. The average Bonchev–Trinajstić information content (AvgIpc) is 3.23. The second-order valence-electron chi connectivity index (χ2n) is 6.65. The van der Waals surface area contributed by atoms with Gasteiger partial charge < -0.3 is 10.6 Å². The zero-order valence-electron chi connectivity index (χ0n) is 16.0. The fourth-order valence-corrected chi connectivity index (χ4v) is 3.83. The van der Waals surface area contributed by atoms with Crippen molar-refractivity contribution in [1.82, 2.24) is 25.3 Å². The second-order valence-corrected chi connectivity index (χ2v) is 7.57. The zero-order valence-corrected chi connectivity index (χ0v) is 16.9. The highest BCUT2D eigenvalue weighted by molar-refractivity contribution is 7.17. The van der Waals surface area contributed by atoms with E-state index in [0.29, 0.717) is 11.6 Å². The Kier molecular flexibility index (Phi) is 5.44. The second kappa shape index (κ2) is 8.32. The van der Waals surface area contributed by atoms with Gasteiger partial charge in [-0.25, -0.2) is 9.97 Å². The third kappa shape index (κ3) is 4.22. The molecular formula is C21H20N6OS. The van der Waals surface area contributed by atoms with Gasteiger partial charge in [0, 0.05) is 24.8 Å². The highest BCUT2D eigenvalue weighted by atomic mass is 32.1. The molecular weight excluding hydrogens is 384 g/mol. The first-order valence-electron chi connectivity index (χ1n) is 9.24. The lowest BCUT2D eigenvalue weighted by Gasteiger charge is -2.16. The topological polar surface area (TPSA) is 92.7 Å². The smallest absolute Gasteiger partial charge is 0.272 e. The van der Waals surface area contributed by atoms with Gasteiger partial charge in [-0.1, -0.05) is 0 Å². The van der Waals surface area contributed by atoms with Crippen LogP contribution in [0.1, 0.15) is 47.5 Å². The predicted molar refractivity (Wildman–Crippen MR) is 114 cm³/mol. The van der Waals surface area contributed by atoms with E-state index in [1.54, 1.807) is 24.8 Å². The summed E-state index contributed by atoms with van der Waals surface area (Å²) in [5.41, 5.74) is 3.16. The van der Waals surface area contributed by atoms with Gasteiger partial charge in [-0.3, -0.25) is 14.8 Å². The Morgan fingerprint density at radius 1 is 0.897 bits per heavy atom. The van der Waals surface area contributed by atoms with Gasteiger partial charge in [-0.05, 0) is 60.7 Å². The number of carbonyl (C=O) groups is 1. The van der Waals surface area contributed by atoms with E-state index in [1.807, 2.05) is 49.6 Å². The van der Waals surface area contributed by atoms with Crippen molar-refractivity contribution in [3.8, 4) is 0 Å². The molecule has 146 valence electrons. The van der Waals surface area contributed by atoms with Crippen LogP contribution in [0.2, 0.25) is 0 Å². The number of thiophene rings is 1. The molecule has 0 aliphatic carbocycles. The van der Waals surface area contributed by atoms with Crippen molar-refractivity contribution in [2.45, 2.75) is 25.9 Å². The summed E-state index contributed by atoms with van der Waals surface area (Å²) in [6.45, 7) is 3.95. The summed E-state index contributed by atoms with van der Waals surface area (Å²) in [5, 5.41) is 8.22. The van der Waals surface area contributed by atoms with E-state index < -0.39 is 0 Å². The van der Waals surface area contributed by atoms with Crippen LogP contribution in [0.15, 0.2) is 60.5 Å². The molecule has 4 rings (SSSR count). The Morgan fingerprint density at radius 3 is 2.17 bits per heavy atom. The Morgan fingerprint density at radius 2 is 1.52 bits per heavy atom. The Balaban J connectivity index is 1.60. The summed E-state index contributed by atoms with van der Waals surface area (Å²) in [7, 11) is 0. The summed E-state index contributed by atoms with van der Waals surface area (Å²) in [5.74, 6) is 0.186. The normalized spacial score (nSPS) is 13.0. The van der Waals surface area contributed by atoms with Crippen molar-refractivity contribution in [3.05, 3.63) is 77.3 Å². The standard InChI is InChI=1S/C21H20N6OS/c1-13(15-3-8-22-9-4-15)24-20(28)18-19-17(7-12-29-19)26-21(27-18)25-14(2)16-5-10-23-11-6-16/h3-14H,1-2H3,(H,24,28)(H,25,26,27)/t13-,14-/m0/s1. The van der Waals surface area contributed by atoms with Gasteiger partial charge in [0.15, 0.2) is 5.69 Å². The van der Waals surface area contributed by atoms with Gasteiger partial charge >= 0.3 is 0 Å². The zero-order chi connectivity index (χ0) is 20.2. The summed E-state index contributed by atoms with van der Waals surface area (Å²) in [6.07, 6.45) is 6.91. The Labute approximate surface area is 172 Å². The monoisotopic (exact) mass is 404 g/mol. The van der Waals surface area contributed by atoms with Crippen LogP contribution >= 0.6 is 11.3 Å². The molecule has 1 amide bonds. The van der Waals surface area contributed by atoms with Crippen LogP contribution in [0.4, 0.5) is 5.95 Å². The molecule has 0 saturated heterocycles. The highest BCUT2D eigenvalue weighted by Crippen LogP contribution is 2.26. The number of nitrogens with zero attached hydrogens (tertiary/aromatic N) is 4. The number of hydrogen-bond acceptors (Lipinski definition) is 7. The number of amides is 1. The molecule has 4 aromatic rings. The predicted octanol–water partition coefficient (Wildman–Crippen LogP) is 4.15. The number of anilines is 1. The van der Waals surface area contributed by atoms with Crippen molar-refractivity contribution >= 4 is 33.4 Å². The Bertz CT molecular complexity index is 1120. The van der Waals surface area contributed by atoms with E-state index in [4.69, 9.17) is 0 Å². The lowest BCUT2D eigenvalue weighted by Crippen LogP contribution is -2.28. The third-order valence-corrected chi connectivity index (χ3v) is 5.53. The molecule has 0 saturated carbocycles. The fourth-order valence-electron chi connectivity index (χ4n) is 3.01. The van der Waals surface area contributed by atoms with Gasteiger partial charge in [0.25, 0.3) is 5.91 Å². The largest absolute Gasteiger partial charge is 0.348 e. The lowest BCUT2D eigenvalue weighted by atomic mass is 10.1. The number of aromatic nitrogens is 4. The molecule has 0 bridgehead atoms. The molecule has 0 aliphatic rings. The van der Waals surface area contributed by atoms with Gasteiger partial charge in [-0.2, -0.15) is 0 Å². The average molecular weight is 404 g/mol. The Hall–Kier alpha value is -3.39. The summed E-state index contributed by atoms with van der Waals surface area (Å²) < 4.78 is 0.770. The SMILES string of the molecule is C[C@H](NC(=O)c1nc(N[C@@H](C)c2ccncc2)nc2ccsc12)c1ccncc1. The number of fused-ring (bicyclic) bond motifs is 1. The number of nitrogens with one attached hydrogen (secondary N) is 2. The molecule has 0 fully saturated rings. The molecule has 2 N–H and O–H groups in total. The highest BCUT2D eigenvalue weighted by Gasteiger charge is 2.19. The van der Waals surface area contributed by atoms with Gasteiger partial charge in [0.1, 0.15) is 0 Å². The van der Waals surface area contributed by atoms with Crippen molar-refractivity contribution in [1.29, 1.82) is 0 Å². The molecule has 0 aliphatic heterocycles. The number of pyridine rings is 2. The van der Waals surface area contributed by atoms with Crippen LogP contribution in [-0.4, -0.2) is 25.8 Å². The van der Waals surface area contributed by atoms with Gasteiger partial charge in [0.05, 0.1) is 22.3 Å². The minimum atomic E-state index is -0.233. The third-order valence-electron chi connectivity index (χ3n) is 4.62. The molecule has 8 heteroatoms. The number of rotatable bonds is 6. The summed E-state index contributed by atoms with van der Waals surface area (Å²) in [6, 6.07) is 9.34. The first-order valence-corrected chi connectivity index (χ1v) is 10.1. The maximum absolute atomic E-state index is 13.0. The van der Waals surface area contributed by atoms with Gasteiger partial charge in [0.2, 0.25) is 5.95 Å². The molecule has 4 heterocycles. The summed E-state index contributed by atoms with van der Waals surface area (Å²) in [4.78, 5) is 30.2. The molecule has 2 atom stereocenters. The molecule has 0 radical (unpaired) electrons. The van der Waals surface area contributed by atoms with Crippen molar-refractivity contribution in [3.63, 3.8) is 0 Å². The number of carbonyl (C=O) groups excluding carboxylic acids is 1. The van der Waals surface area contributed by atoms with E-state index >= 15 is 0 Å². The molecule has 4 aromatic heterocycles. The summed E-state index contributed by atoms with van der Waals surface area (Å²) >= 11 is 1.46. The number of hydrogen-bond donors (Lipinski definition) is 2. The molecule has 0 unspecified atom stereocenters.